The molecule has 4 rings (SSSR count). The first-order chi connectivity index (χ1) is 16.0. The van der Waals surface area contributed by atoms with Crippen LogP contribution < -0.4 is 10.1 Å². The molecule has 9 heteroatoms. The summed E-state index contributed by atoms with van der Waals surface area (Å²) in [6.45, 7) is 4.81. The van der Waals surface area contributed by atoms with Gasteiger partial charge in [0.2, 0.25) is 11.8 Å². The molecule has 2 aliphatic rings. The topological polar surface area (TPSA) is 88.2 Å². The summed E-state index contributed by atoms with van der Waals surface area (Å²) in [5, 5.41) is 2.21. The standard InChI is InChI=1S/C24H27N3O5S/c28-22(25-23(29)16-33)14-27-13-20-19(24(27)30)2-1-3-21(20)32-15-18-6-4-17(5-7-18)12-26-8-10-31-11-9-26/h1-7,33H,8-16H2,(H,25,28,29). The lowest BCUT2D eigenvalue weighted by atomic mass is 10.1. The van der Waals surface area contributed by atoms with Crippen molar-refractivity contribution in [3.05, 3.63) is 64.7 Å². The lowest BCUT2D eigenvalue weighted by molar-refractivity contribution is -0.129. The van der Waals surface area contributed by atoms with E-state index in [-0.39, 0.29) is 24.7 Å². The van der Waals surface area contributed by atoms with Gasteiger partial charge in [-0.15, -0.1) is 0 Å². The summed E-state index contributed by atoms with van der Waals surface area (Å²) in [4.78, 5) is 39.8. The second kappa shape index (κ2) is 10.8. The lowest BCUT2D eigenvalue weighted by Gasteiger charge is -2.26. The van der Waals surface area contributed by atoms with Crippen LogP contribution >= 0.6 is 12.6 Å². The van der Waals surface area contributed by atoms with Gasteiger partial charge in [0.25, 0.3) is 5.91 Å². The Morgan fingerprint density at radius 2 is 1.76 bits per heavy atom. The van der Waals surface area contributed by atoms with Crippen molar-refractivity contribution in [3.8, 4) is 5.75 Å². The third-order valence-electron chi connectivity index (χ3n) is 5.68. The average molecular weight is 470 g/mol. The third kappa shape index (κ3) is 5.93. The van der Waals surface area contributed by atoms with E-state index in [1.54, 1.807) is 12.1 Å². The van der Waals surface area contributed by atoms with Crippen molar-refractivity contribution < 1.29 is 23.9 Å². The van der Waals surface area contributed by atoms with E-state index in [9.17, 15) is 14.4 Å². The van der Waals surface area contributed by atoms with Gasteiger partial charge in [-0.2, -0.15) is 12.6 Å². The van der Waals surface area contributed by atoms with E-state index in [1.807, 2.05) is 6.07 Å². The summed E-state index contributed by atoms with van der Waals surface area (Å²) < 4.78 is 11.4. The van der Waals surface area contributed by atoms with Crippen LogP contribution in [0.3, 0.4) is 0 Å². The molecule has 0 aromatic heterocycles. The van der Waals surface area contributed by atoms with Crippen molar-refractivity contribution >= 4 is 30.4 Å². The van der Waals surface area contributed by atoms with Crippen molar-refractivity contribution in [2.24, 2.45) is 0 Å². The number of benzene rings is 2. The smallest absolute Gasteiger partial charge is 0.255 e. The second-order valence-electron chi connectivity index (χ2n) is 8.07. The minimum atomic E-state index is -0.533. The summed E-state index contributed by atoms with van der Waals surface area (Å²) >= 11 is 3.83. The van der Waals surface area contributed by atoms with Gasteiger partial charge in [0.15, 0.2) is 0 Å². The molecule has 2 heterocycles. The number of carbonyl (C=O) groups excluding carboxylic acids is 3. The third-order valence-corrected chi connectivity index (χ3v) is 5.97. The second-order valence-corrected chi connectivity index (χ2v) is 8.38. The first kappa shape index (κ1) is 23.3. The molecular formula is C24H27N3O5S. The highest BCUT2D eigenvalue weighted by Gasteiger charge is 2.31. The first-order valence-electron chi connectivity index (χ1n) is 10.9. The van der Waals surface area contributed by atoms with Crippen molar-refractivity contribution in [3.63, 3.8) is 0 Å². The fraction of sp³-hybridized carbons (Fsp3) is 0.375. The summed E-state index contributed by atoms with van der Waals surface area (Å²) in [6.07, 6.45) is 0. The van der Waals surface area contributed by atoms with Crippen LogP contribution in [0.15, 0.2) is 42.5 Å². The quantitative estimate of drug-likeness (QED) is 0.572. The number of carbonyl (C=O) groups is 3. The number of amides is 3. The molecule has 1 saturated heterocycles. The van der Waals surface area contributed by atoms with Gasteiger partial charge in [-0.05, 0) is 23.3 Å². The Hall–Kier alpha value is -2.88. The number of thiol groups is 1. The molecular weight excluding hydrogens is 442 g/mol. The summed E-state index contributed by atoms with van der Waals surface area (Å²) in [5.74, 6) is -0.752. The number of morpholine rings is 1. The fourth-order valence-electron chi connectivity index (χ4n) is 3.95. The molecule has 8 nitrogen and oxygen atoms in total. The minimum Gasteiger partial charge on any atom is -0.489 e. The molecule has 0 saturated carbocycles. The Morgan fingerprint density at radius 1 is 1.03 bits per heavy atom. The monoisotopic (exact) mass is 469 g/mol. The molecule has 0 bridgehead atoms. The van der Waals surface area contributed by atoms with Gasteiger partial charge in [-0.3, -0.25) is 24.6 Å². The number of imide groups is 1. The Morgan fingerprint density at radius 3 is 2.48 bits per heavy atom. The van der Waals surface area contributed by atoms with Crippen molar-refractivity contribution in [1.82, 2.24) is 15.1 Å². The molecule has 0 atom stereocenters. The van der Waals surface area contributed by atoms with Crippen LogP contribution in [0.25, 0.3) is 0 Å². The van der Waals surface area contributed by atoms with E-state index in [4.69, 9.17) is 9.47 Å². The van der Waals surface area contributed by atoms with Gasteiger partial charge in [-0.1, -0.05) is 30.3 Å². The van der Waals surface area contributed by atoms with Gasteiger partial charge < -0.3 is 14.4 Å². The highest BCUT2D eigenvalue weighted by atomic mass is 32.1. The average Bonchev–Trinajstić information content (AvgIpc) is 3.14. The van der Waals surface area contributed by atoms with E-state index in [1.165, 1.54) is 10.5 Å². The van der Waals surface area contributed by atoms with Gasteiger partial charge in [-0.25, -0.2) is 0 Å². The Kier molecular flexibility index (Phi) is 7.64. The van der Waals surface area contributed by atoms with Crippen molar-refractivity contribution in [2.45, 2.75) is 19.7 Å². The Labute approximate surface area is 198 Å². The number of nitrogens with one attached hydrogen (secondary N) is 1. The molecule has 33 heavy (non-hydrogen) atoms. The minimum absolute atomic E-state index is 0.0912. The Balaban J connectivity index is 1.35. The van der Waals surface area contributed by atoms with E-state index in [0.29, 0.717) is 17.9 Å². The highest BCUT2D eigenvalue weighted by molar-refractivity contribution is 7.81. The molecule has 3 amide bonds. The molecule has 0 unspecified atom stereocenters. The van der Waals surface area contributed by atoms with Gasteiger partial charge >= 0.3 is 0 Å². The van der Waals surface area contributed by atoms with Crippen molar-refractivity contribution in [2.75, 3.05) is 38.6 Å². The SMILES string of the molecule is O=C(CS)NC(=O)CN1Cc2c(OCc3ccc(CN4CCOCC4)cc3)cccc2C1=O. The zero-order valence-corrected chi connectivity index (χ0v) is 19.2. The number of hydrogen-bond donors (Lipinski definition) is 2. The summed E-state index contributed by atoms with van der Waals surface area (Å²) in [5.41, 5.74) is 3.54. The van der Waals surface area contributed by atoms with E-state index in [2.05, 4.69) is 47.1 Å². The van der Waals surface area contributed by atoms with Crippen LogP contribution in [0.4, 0.5) is 0 Å². The zero-order chi connectivity index (χ0) is 23.2. The molecule has 2 aromatic rings. The molecule has 2 aromatic carbocycles. The van der Waals surface area contributed by atoms with Crippen LogP contribution in [-0.4, -0.2) is 66.1 Å². The Bertz CT molecular complexity index is 1020. The lowest BCUT2D eigenvalue weighted by Crippen LogP contribution is -2.40. The maximum absolute atomic E-state index is 12.7. The van der Waals surface area contributed by atoms with E-state index < -0.39 is 11.8 Å². The molecule has 0 spiro atoms. The molecule has 1 N–H and O–H groups in total. The zero-order valence-electron chi connectivity index (χ0n) is 18.3. The van der Waals surface area contributed by atoms with Gasteiger partial charge in [0.1, 0.15) is 18.9 Å². The number of ether oxygens (including phenoxy) is 2. The van der Waals surface area contributed by atoms with Gasteiger partial charge in [0, 0.05) is 30.8 Å². The maximum Gasteiger partial charge on any atom is 0.255 e. The van der Waals surface area contributed by atoms with E-state index >= 15 is 0 Å². The predicted octanol–water partition coefficient (Wildman–Crippen LogP) is 1.63. The number of rotatable bonds is 8. The van der Waals surface area contributed by atoms with Crippen molar-refractivity contribution in [1.29, 1.82) is 0 Å². The molecule has 1 fully saturated rings. The number of fused-ring (bicyclic) bond motifs is 1. The molecule has 0 aliphatic carbocycles. The van der Waals surface area contributed by atoms with Crippen LogP contribution in [0.2, 0.25) is 0 Å². The maximum atomic E-state index is 12.7. The largest absolute Gasteiger partial charge is 0.489 e. The number of hydrogen-bond acceptors (Lipinski definition) is 7. The van der Waals surface area contributed by atoms with Gasteiger partial charge in [0.05, 0.1) is 25.5 Å². The van der Waals surface area contributed by atoms with Crippen LogP contribution in [0.5, 0.6) is 5.75 Å². The summed E-state index contributed by atoms with van der Waals surface area (Å²) in [7, 11) is 0. The molecule has 0 radical (unpaired) electrons. The van der Waals surface area contributed by atoms with Crippen LogP contribution in [0.1, 0.15) is 27.0 Å². The number of nitrogens with zero attached hydrogens (tertiary/aromatic N) is 2. The normalized spacial score (nSPS) is 15.9. The van der Waals surface area contributed by atoms with E-state index in [0.717, 1.165) is 44.0 Å². The fourth-order valence-corrected chi connectivity index (χ4v) is 4.03. The molecule has 2 aliphatic heterocycles. The first-order valence-corrected chi connectivity index (χ1v) is 11.5. The summed E-state index contributed by atoms with van der Waals surface area (Å²) in [6, 6.07) is 13.7. The van der Waals surface area contributed by atoms with Crippen LogP contribution in [0, 0.1) is 0 Å². The van der Waals surface area contributed by atoms with Crippen LogP contribution in [-0.2, 0) is 34.0 Å². The predicted molar refractivity (Wildman–Crippen MR) is 125 cm³/mol. The molecule has 174 valence electrons. The highest BCUT2D eigenvalue weighted by Crippen LogP contribution is 2.31.